The summed E-state index contributed by atoms with van der Waals surface area (Å²) in [6.07, 6.45) is 2.19. The fraction of sp³-hybridized carbons (Fsp3) is 0.455. The normalized spacial score (nSPS) is 17.5. The first-order valence-corrected chi connectivity index (χ1v) is 10.2. The molecule has 0 saturated carbocycles. The number of aliphatic imine (C=N–C) groups is 1. The van der Waals surface area contributed by atoms with Crippen LogP contribution in [0.3, 0.4) is 0 Å². The number of aliphatic hydroxyl groups is 1. The van der Waals surface area contributed by atoms with Gasteiger partial charge in [-0.25, -0.2) is 0 Å². The Morgan fingerprint density at radius 2 is 2.07 bits per heavy atom. The summed E-state index contributed by atoms with van der Waals surface area (Å²) < 4.78 is 5.20. The van der Waals surface area contributed by atoms with Crippen LogP contribution >= 0.6 is 24.0 Å². The number of aliphatic hydroxyl groups excluding tert-OH is 1. The highest BCUT2D eigenvalue weighted by atomic mass is 127. The molecule has 164 valence electrons. The number of halogens is 1. The Morgan fingerprint density at radius 1 is 1.27 bits per heavy atom. The Kier molecular flexibility index (Phi) is 10.2. The zero-order valence-corrected chi connectivity index (χ0v) is 19.6. The largest absolute Gasteiger partial charge is 0.467 e. The molecule has 1 aromatic carbocycles. The molecule has 2 unspecified atom stereocenters. The second-order valence-corrected chi connectivity index (χ2v) is 7.28. The van der Waals surface area contributed by atoms with Crippen LogP contribution in [0.2, 0.25) is 0 Å². The smallest absolute Gasteiger partial charge is 0.223 e. The lowest BCUT2D eigenvalue weighted by atomic mass is 10.1. The van der Waals surface area contributed by atoms with Crippen molar-refractivity contribution in [3.8, 4) is 0 Å². The minimum Gasteiger partial charge on any atom is -0.467 e. The average Bonchev–Trinajstić information content (AvgIpc) is 3.39. The number of likely N-dealkylation sites (tertiary alicyclic amines) is 1. The van der Waals surface area contributed by atoms with Gasteiger partial charge in [0.2, 0.25) is 5.91 Å². The van der Waals surface area contributed by atoms with Crippen molar-refractivity contribution in [3.05, 3.63) is 60.1 Å². The van der Waals surface area contributed by atoms with Gasteiger partial charge in [0.1, 0.15) is 11.9 Å². The van der Waals surface area contributed by atoms with E-state index in [9.17, 15) is 9.90 Å². The maximum Gasteiger partial charge on any atom is 0.223 e. The van der Waals surface area contributed by atoms with E-state index >= 15 is 0 Å². The lowest BCUT2D eigenvalue weighted by Gasteiger charge is -2.18. The van der Waals surface area contributed by atoms with Gasteiger partial charge in [0.05, 0.1) is 12.8 Å². The predicted octanol–water partition coefficient (Wildman–Crippen LogP) is 2.58. The van der Waals surface area contributed by atoms with Gasteiger partial charge in [0.15, 0.2) is 5.96 Å². The fourth-order valence-corrected chi connectivity index (χ4v) is 3.45. The van der Waals surface area contributed by atoms with Gasteiger partial charge in [-0.15, -0.1) is 24.0 Å². The summed E-state index contributed by atoms with van der Waals surface area (Å²) in [6, 6.07) is 13.7. The van der Waals surface area contributed by atoms with Gasteiger partial charge >= 0.3 is 0 Å². The summed E-state index contributed by atoms with van der Waals surface area (Å²) in [6.45, 7) is 5.09. The molecule has 1 aliphatic rings. The van der Waals surface area contributed by atoms with Crippen molar-refractivity contribution >= 4 is 35.8 Å². The van der Waals surface area contributed by atoms with E-state index < -0.39 is 6.10 Å². The van der Waals surface area contributed by atoms with Crippen LogP contribution in [-0.4, -0.2) is 54.6 Å². The summed E-state index contributed by atoms with van der Waals surface area (Å²) in [5, 5.41) is 16.6. The number of hydrogen-bond acceptors (Lipinski definition) is 4. The van der Waals surface area contributed by atoms with Gasteiger partial charge in [-0.2, -0.15) is 0 Å². The Labute approximate surface area is 195 Å². The number of guanidine groups is 1. The third kappa shape index (κ3) is 7.32. The molecule has 8 heteroatoms. The lowest BCUT2D eigenvalue weighted by molar-refractivity contribution is -0.127. The van der Waals surface area contributed by atoms with Gasteiger partial charge in [-0.3, -0.25) is 9.79 Å². The first-order valence-electron chi connectivity index (χ1n) is 10.2. The maximum absolute atomic E-state index is 12.3. The molecular formula is C22H31IN4O3. The van der Waals surface area contributed by atoms with Crippen molar-refractivity contribution in [2.75, 3.05) is 32.7 Å². The molecule has 1 aliphatic heterocycles. The summed E-state index contributed by atoms with van der Waals surface area (Å²) in [4.78, 5) is 18.7. The van der Waals surface area contributed by atoms with Crippen LogP contribution < -0.4 is 10.6 Å². The summed E-state index contributed by atoms with van der Waals surface area (Å²) in [5.74, 6) is 1.59. The summed E-state index contributed by atoms with van der Waals surface area (Å²) >= 11 is 0. The molecule has 3 rings (SSSR count). The van der Waals surface area contributed by atoms with Crippen LogP contribution in [0.25, 0.3) is 0 Å². The zero-order valence-electron chi connectivity index (χ0n) is 17.3. The topological polar surface area (TPSA) is 90.1 Å². The molecule has 0 bridgehead atoms. The zero-order chi connectivity index (χ0) is 20.5. The van der Waals surface area contributed by atoms with Crippen molar-refractivity contribution in [1.82, 2.24) is 15.5 Å². The molecule has 1 aromatic heterocycles. The molecule has 2 heterocycles. The number of hydrogen-bond donors (Lipinski definition) is 3. The quantitative estimate of drug-likeness (QED) is 0.266. The van der Waals surface area contributed by atoms with Crippen molar-refractivity contribution in [2.45, 2.75) is 25.9 Å². The molecule has 1 amide bonds. The Hall–Kier alpha value is -2.07. The number of nitrogens with zero attached hydrogens (tertiary/aromatic N) is 2. The molecule has 2 atom stereocenters. The molecule has 7 nitrogen and oxygen atoms in total. The minimum absolute atomic E-state index is 0. The molecule has 1 fully saturated rings. The third-order valence-corrected chi connectivity index (χ3v) is 5.00. The van der Waals surface area contributed by atoms with Crippen LogP contribution in [0.1, 0.15) is 30.8 Å². The minimum atomic E-state index is -0.776. The number of carbonyl (C=O) groups excluding carboxylic acids is 1. The van der Waals surface area contributed by atoms with E-state index in [1.54, 1.807) is 12.1 Å². The average molecular weight is 526 g/mol. The van der Waals surface area contributed by atoms with Gasteiger partial charge in [-0.05, 0) is 31.0 Å². The Bertz CT molecular complexity index is 783. The van der Waals surface area contributed by atoms with Crippen LogP contribution in [0.15, 0.2) is 58.1 Å². The highest BCUT2D eigenvalue weighted by Crippen LogP contribution is 2.18. The van der Waals surface area contributed by atoms with E-state index in [2.05, 4.69) is 27.8 Å². The first kappa shape index (κ1) is 24.2. The SMILES string of the molecule is CCNC(=NCC(O)c1ccco1)NCC1CC(=O)N(CCc2ccccc2)C1.I. The van der Waals surface area contributed by atoms with Gasteiger partial charge < -0.3 is 25.1 Å². The fourth-order valence-electron chi connectivity index (χ4n) is 3.45. The molecule has 1 saturated heterocycles. The Balaban J connectivity index is 0.00000320. The van der Waals surface area contributed by atoms with Crippen LogP contribution in [0, 0.1) is 5.92 Å². The summed E-state index contributed by atoms with van der Waals surface area (Å²) in [7, 11) is 0. The lowest BCUT2D eigenvalue weighted by Crippen LogP contribution is -2.40. The number of nitrogens with one attached hydrogen (secondary N) is 2. The van der Waals surface area contributed by atoms with Crippen molar-refractivity contribution in [1.29, 1.82) is 0 Å². The highest BCUT2D eigenvalue weighted by molar-refractivity contribution is 14.0. The van der Waals surface area contributed by atoms with E-state index in [-0.39, 0.29) is 42.3 Å². The first-order chi connectivity index (χ1) is 14.2. The molecule has 2 aromatic rings. The van der Waals surface area contributed by atoms with Crippen molar-refractivity contribution in [2.24, 2.45) is 10.9 Å². The second kappa shape index (κ2) is 12.6. The van der Waals surface area contributed by atoms with Crippen LogP contribution in [0.5, 0.6) is 0 Å². The van der Waals surface area contributed by atoms with E-state index in [1.165, 1.54) is 11.8 Å². The van der Waals surface area contributed by atoms with Gasteiger partial charge in [-0.1, -0.05) is 30.3 Å². The third-order valence-electron chi connectivity index (χ3n) is 5.00. The molecule has 3 N–H and O–H groups in total. The van der Waals surface area contributed by atoms with E-state index in [4.69, 9.17) is 4.42 Å². The molecular weight excluding hydrogens is 495 g/mol. The molecule has 0 aliphatic carbocycles. The highest BCUT2D eigenvalue weighted by Gasteiger charge is 2.29. The number of carbonyl (C=O) groups is 1. The number of benzene rings is 1. The van der Waals surface area contributed by atoms with E-state index in [0.29, 0.717) is 24.7 Å². The van der Waals surface area contributed by atoms with Crippen LogP contribution in [0.4, 0.5) is 0 Å². The number of furan rings is 1. The standard InChI is InChI=1S/C22H30N4O3.HI/c1-2-23-22(25-15-19(27)20-9-6-12-29-20)24-14-18-13-21(28)26(16-18)11-10-17-7-4-3-5-8-17;/h3-9,12,18-19,27H,2,10-11,13-16H2,1H3,(H2,23,24,25);1H. The Morgan fingerprint density at radius 3 is 2.77 bits per heavy atom. The predicted molar refractivity (Wildman–Crippen MR) is 128 cm³/mol. The van der Waals surface area contributed by atoms with E-state index in [1.807, 2.05) is 30.0 Å². The number of rotatable bonds is 9. The monoisotopic (exact) mass is 526 g/mol. The number of amides is 1. The second-order valence-electron chi connectivity index (χ2n) is 7.28. The molecule has 30 heavy (non-hydrogen) atoms. The molecule has 0 radical (unpaired) electrons. The van der Waals surface area contributed by atoms with Crippen molar-refractivity contribution in [3.63, 3.8) is 0 Å². The van der Waals surface area contributed by atoms with Gasteiger partial charge in [0, 0.05) is 38.5 Å². The van der Waals surface area contributed by atoms with Gasteiger partial charge in [0.25, 0.3) is 0 Å². The maximum atomic E-state index is 12.3. The van der Waals surface area contributed by atoms with Crippen LogP contribution in [-0.2, 0) is 11.2 Å². The van der Waals surface area contributed by atoms with Crippen molar-refractivity contribution < 1.29 is 14.3 Å². The van der Waals surface area contributed by atoms with E-state index in [0.717, 1.165) is 26.1 Å². The molecule has 0 spiro atoms. The summed E-state index contributed by atoms with van der Waals surface area (Å²) in [5.41, 5.74) is 1.25.